The molecule has 0 aliphatic carbocycles. The van der Waals surface area contributed by atoms with Crippen molar-refractivity contribution in [2.45, 2.75) is 40.0 Å². The van der Waals surface area contributed by atoms with E-state index in [0.717, 1.165) is 19.3 Å². The first-order valence-electron chi connectivity index (χ1n) is 10.6. The average Bonchev–Trinajstić information content (AvgIpc) is 2.99. The number of rotatable bonds is 9. The van der Waals surface area contributed by atoms with E-state index < -0.39 is 0 Å². The highest BCUT2D eigenvalue weighted by Gasteiger charge is 2.13. The molecular weight excluding hydrogens is 362 g/mol. The fraction of sp³-hybridized carbons (Fsp3) is 0.241. The first-order valence-corrected chi connectivity index (χ1v) is 10.6. The molecule has 2 aromatic rings. The zero-order chi connectivity index (χ0) is 22.4. The lowest BCUT2D eigenvalue weighted by Crippen LogP contribution is -1.98. The molecular formula is C29H37N. The molecule has 0 spiro atoms. The first-order chi connectivity index (χ1) is 14.5. The van der Waals surface area contributed by atoms with Gasteiger partial charge in [0.1, 0.15) is 0 Å². The molecule has 0 bridgehead atoms. The summed E-state index contributed by atoms with van der Waals surface area (Å²) in [7, 11) is 2.11. The molecule has 1 heterocycles. The Morgan fingerprint density at radius 3 is 2.33 bits per heavy atom. The SMILES string of the molecule is C=C/C=C(\C=C/CC)c1ccccc1.C=CCCc1c(C)c(/C=C\C)c(C=C)n1C. The molecule has 0 aliphatic rings. The van der Waals surface area contributed by atoms with Gasteiger partial charge in [0, 0.05) is 24.0 Å². The zero-order valence-electron chi connectivity index (χ0n) is 19.2. The van der Waals surface area contributed by atoms with Gasteiger partial charge < -0.3 is 4.57 Å². The molecule has 1 aromatic heterocycles. The quantitative estimate of drug-likeness (QED) is 0.295. The van der Waals surface area contributed by atoms with Crippen molar-refractivity contribution in [2.75, 3.05) is 0 Å². The van der Waals surface area contributed by atoms with E-state index in [2.05, 4.69) is 81.6 Å². The maximum absolute atomic E-state index is 3.89. The van der Waals surface area contributed by atoms with Gasteiger partial charge in [-0.1, -0.05) is 92.9 Å². The monoisotopic (exact) mass is 399 g/mol. The van der Waals surface area contributed by atoms with Crippen molar-refractivity contribution < 1.29 is 0 Å². The predicted octanol–water partition coefficient (Wildman–Crippen LogP) is 8.35. The normalized spacial score (nSPS) is 11.4. The van der Waals surface area contributed by atoms with Crippen LogP contribution in [0, 0.1) is 6.92 Å². The van der Waals surface area contributed by atoms with Gasteiger partial charge in [0.25, 0.3) is 0 Å². The molecule has 0 aliphatic heterocycles. The molecule has 1 aromatic carbocycles. The molecule has 0 unspecified atom stereocenters. The van der Waals surface area contributed by atoms with E-state index in [-0.39, 0.29) is 0 Å². The van der Waals surface area contributed by atoms with Crippen LogP contribution in [-0.4, -0.2) is 4.57 Å². The van der Waals surface area contributed by atoms with E-state index in [0.29, 0.717) is 0 Å². The Morgan fingerprint density at radius 2 is 1.80 bits per heavy atom. The summed E-state index contributed by atoms with van der Waals surface area (Å²) in [4.78, 5) is 0. The summed E-state index contributed by atoms with van der Waals surface area (Å²) in [5.41, 5.74) is 7.67. The van der Waals surface area contributed by atoms with Crippen LogP contribution in [0.4, 0.5) is 0 Å². The van der Waals surface area contributed by atoms with Crippen LogP contribution < -0.4 is 0 Å². The van der Waals surface area contributed by atoms with Crippen molar-refractivity contribution in [1.29, 1.82) is 0 Å². The van der Waals surface area contributed by atoms with Crippen LogP contribution in [0.25, 0.3) is 17.7 Å². The highest BCUT2D eigenvalue weighted by atomic mass is 15.0. The number of allylic oxidation sites excluding steroid dienone is 7. The molecule has 0 amide bonds. The highest BCUT2D eigenvalue weighted by Crippen LogP contribution is 2.25. The molecule has 0 saturated carbocycles. The lowest BCUT2D eigenvalue weighted by molar-refractivity contribution is 0.798. The summed E-state index contributed by atoms with van der Waals surface area (Å²) in [5, 5.41) is 0. The Morgan fingerprint density at radius 1 is 1.10 bits per heavy atom. The van der Waals surface area contributed by atoms with Crippen molar-refractivity contribution in [2.24, 2.45) is 7.05 Å². The van der Waals surface area contributed by atoms with E-state index in [1.807, 2.05) is 49.4 Å². The summed E-state index contributed by atoms with van der Waals surface area (Å²) in [6.07, 6.45) is 19.4. The van der Waals surface area contributed by atoms with E-state index in [9.17, 15) is 0 Å². The van der Waals surface area contributed by atoms with E-state index in [1.165, 1.54) is 33.7 Å². The van der Waals surface area contributed by atoms with Gasteiger partial charge >= 0.3 is 0 Å². The number of nitrogens with zero attached hydrogens (tertiary/aromatic N) is 1. The standard InChI is InChI=1S/C15H21N.C14H16/c1-6-9-11-15-12(4)13(10-7-2)14(8-3)16(15)5;1-3-5-10-13(9-4-2)14-11-7-6-8-12-14/h6-8,10H,1,3,9,11H2,2,4-5H3;4-12H,2-3H2,1H3/b10-7-;10-5-,13-9+. The van der Waals surface area contributed by atoms with E-state index in [4.69, 9.17) is 0 Å². The van der Waals surface area contributed by atoms with Gasteiger partial charge in [0.05, 0.1) is 0 Å². The maximum atomic E-state index is 3.89. The predicted molar refractivity (Wildman–Crippen MR) is 138 cm³/mol. The minimum absolute atomic E-state index is 1.02. The smallest absolute Gasteiger partial charge is 0.0476 e. The molecule has 0 fully saturated rings. The van der Waals surface area contributed by atoms with Gasteiger partial charge in [0.2, 0.25) is 0 Å². The minimum atomic E-state index is 1.02. The van der Waals surface area contributed by atoms with Crippen LogP contribution >= 0.6 is 0 Å². The lowest BCUT2D eigenvalue weighted by atomic mass is 10.0. The second-order valence-electron chi connectivity index (χ2n) is 7.00. The molecule has 0 radical (unpaired) electrons. The fourth-order valence-corrected chi connectivity index (χ4v) is 3.39. The maximum Gasteiger partial charge on any atom is 0.0476 e. The van der Waals surface area contributed by atoms with Crippen molar-refractivity contribution >= 4 is 17.7 Å². The van der Waals surface area contributed by atoms with Crippen molar-refractivity contribution in [1.82, 2.24) is 4.57 Å². The van der Waals surface area contributed by atoms with Crippen LogP contribution in [0.5, 0.6) is 0 Å². The first kappa shape index (κ1) is 25.0. The van der Waals surface area contributed by atoms with Crippen molar-refractivity contribution in [3.63, 3.8) is 0 Å². The molecule has 1 heteroatoms. The highest BCUT2D eigenvalue weighted by molar-refractivity contribution is 5.75. The molecule has 0 atom stereocenters. The van der Waals surface area contributed by atoms with Crippen LogP contribution in [0.1, 0.15) is 54.8 Å². The third kappa shape index (κ3) is 7.08. The van der Waals surface area contributed by atoms with Crippen molar-refractivity contribution in [3.05, 3.63) is 115 Å². The summed E-state index contributed by atoms with van der Waals surface area (Å²) in [6.45, 7) is 17.8. The molecule has 2 rings (SSSR count). The van der Waals surface area contributed by atoms with Gasteiger partial charge in [-0.15, -0.1) is 6.58 Å². The zero-order valence-corrected chi connectivity index (χ0v) is 19.2. The van der Waals surface area contributed by atoms with Gasteiger partial charge in [-0.3, -0.25) is 0 Å². The minimum Gasteiger partial charge on any atom is -0.347 e. The number of hydrogen-bond acceptors (Lipinski definition) is 0. The molecule has 30 heavy (non-hydrogen) atoms. The molecule has 0 N–H and O–H groups in total. The third-order valence-electron chi connectivity index (χ3n) is 4.93. The Bertz CT molecular complexity index is 902. The fourth-order valence-electron chi connectivity index (χ4n) is 3.39. The van der Waals surface area contributed by atoms with Crippen molar-refractivity contribution in [3.8, 4) is 0 Å². The summed E-state index contributed by atoms with van der Waals surface area (Å²) < 4.78 is 2.24. The molecule has 0 saturated heterocycles. The number of hydrogen-bond donors (Lipinski definition) is 0. The van der Waals surface area contributed by atoms with Gasteiger partial charge in [-0.2, -0.15) is 0 Å². The second kappa shape index (κ2) is 14.0. The summed E-state index contributed by atoms with van der Waals surface area (Å²) >= 11 is 0. The van der Waals surface area contributed by atoms with Crippen LogP contribution in [-0.2, 0) is 13.5 Å². The van der Waals surface area contributed by atoms with E-state index in [1.54, 1.807) is 0 Å². The third-order valence-corrected chi connectivity index (χ3v) is 4.93. The number of benzene rings is 1. The molecule has 158 valence electrons. The largest absolute Gasteiger partial charge is 0.347 e. The average molecular weight is 400 g/mol. The summed E-state index contributed by atoms with van der Waals surface area (Å²) in [5.74, 6) is 0. The van der Waals surface area contributed by atoms with Gasteiger partial charge in [0.15, 0.2) is 0 Å². The second-order valence-corrected chi connectivity index (χ2v) is 7.00. The topological polar surface area (TPSA) is 4.93 Å². The van der Waals surface area contributed by atoms with Crippen LogP contribution in [0.2, 0.25) is 0 Å². The number of aromatic nitrogens is 1. The summed E-state index contributed by atoms with van der Waals surface area (Å²) in [6, 6.07) is 10.3. The van der Waals surface area contributed by atoms with Gasteiger partial charge in [-0.25, -0.2) is 0 Å². The Labute approximate surface area is 184 Å². The Kier molecular flexibility index (Phi) is 11.7. The Hall–Kier alpha value is -3.06. The van der Waals surface area contributed by atoms with Crippen LogP contribution in [0.15, 0.2) is 86.5 Å². The van der Waals surface area contributed by atoms with E-state index >= 15 is 0 Å². The van der Waals surface area contributed by atoms with Gasteiger partial charge in [-0.05, 0) is 55.9 Å². The lowest BCUT2D eigenvalue weighted by Gasteiger charge is -2.04. The van der Waals surface area contributed by atoms with Crippen LogP contribution in [0.3, 0.4) is 0 Å². The molecule has 1 nitrogen and oxygen atoms in total. The Balaban J connectivity index is 0.000000303.